The van der Waals surface area contributed by atoms with Gasteiger partial charge in [0.05, 0.1) is 16.7 Å². The Hall–Kier alpha value is -1.72. The Morgan fingerprint density at radius 3 is 2.31 bits per heavy atom. The van der Waals surface area contributed by atoms with Gasteiger partial charge in [0.2, 0.25) is 15.9 Å². The van der Waals surface area contributed by atoms with E-state index < -0.39 is 21.9 Å². The largest absolute Gasteiger partial charge is 0.433 e. The second-order valence-electron chi connectivity index (χ2n) is 10.0. The fraction of sp³-hybridized carbons (Fsp3) is 0.714. The second kappa shape index (κ2) is 6.89. The van der Waals surface area contributed by atoms with Gasteiger partial charge < -0.3 is 9.64 Å². The van der Waals surface area contributed by atoms with E-state index >= 15 is 0 Å². The molecule has 0 aromatic carbocycles. The predicted molar refractivity (Wildman–Crippen MR) is 107 cm³/mol. The van der Waals surface area contributed by atoms with Crippen molar-refractivity contribution in [2.24, 2.45) is 17.3 Å². The summed E-state index contributed by atoms with van der Waals surface area (Å²) < 4.78 is 72.0. The van der Waals surface area contributed by atoms with E-state index in [0.29, 0.717) is 25.8 Å². The van der Waals surface area contributed by atoms with Crippen LogP contribution >= 0.6 is 0 Å². The second-order valence-corrected chi connectivity index (χ2v) is 11.9. The molecule has 2 atom stereocenters. The summed E-state index contributed by atoms with van der Waals surface area (Å²) in [6.07, 6.45) is -2.42. The number of pyridine rings is 1. The Morgan fingerprint density at radius 2 is 1.78 bits per heavy atom. The Kier molecular flexibility index (Phi) is 4.76. The van der Waals surface area contributed by atoms with Crippen LogP contribution in [0.25, 0.3) is 0 Å². The van der Waals surface area contributed by atoms with E-state index in [9.17, 15) is 26.4 Å². The molecule has 1 amide bonds. The number of amides is 1. The maximum atomic E-state index is 13.2. The number of hydrogen-bond acceptors (Lipinski definition) is 5. The highest BCUT2D eigenvalue weighted by Crippen LogP contribution is 2.57. The fourth-order valence-corrected chi connectivity index (χ4v) is 7.89. The third-order valence-corrected chi connectivity index (χ3v) is 9.56. The average Bonchev–Trinajstić information content (AvgIpc) is 3.25. The summed E-state index contributed by atoms with van der Waals surface area (Å²) in [7, 11) is -3.96. The molecule has 6 rings (SSSR count). The number of aryl methyl sites for hydroxylation is 1. The Morgan fingerprint density at radius 1 is 1.16 bits per heavy atom. The Balaban J connectivity index is 1.27. The zero-order valence-electron chi connectivity index (χ0n) is 18.0. The normalized spacial score (nSPS) is 35.0. The van der Waals surface area contributed by atoms with Crippen LogP contribution in [0.3, 0.4) is 0 Å². The summed E-state index contributed by atoms with van der Waals surface area (Å²) in [4.78, 5) is 18.4. The summed E-state index contributed by atoms with van der Waals surface area (Å²) in [5.74, 6) is 0.211. The van der Waals surface area contributed by atoms with Gasteiger partial charge in [-0.05, 0) is 57.1 Å². The lowest BCUT2D eigenvalue weighted by Crippen LogP contribution is -2.63. The van der Waals surface area contributed by atoms with Crippen LogP contribution in [0.5, 0.6) is 0 Å². The number of rotatable bonds is 3. The maximum absolute atomic E-state index is 13.2. The lowest BCUT2D eigenvalue weighted by Gasteiger charge is -2.58. The molecule has 4 aliphatic heterocycles. The van der Waals surface area contributed by atoms with Crippen LogP contribution in [0.1, 0.15) is 37.6 Å². The van der Waals surface area contributed by atoms with Crippen molar-refractivity contribution in [3.05, 3.63) is 23.5 Å². The molecule has 1 aliphatic carbocycles. The Labute approximate surface area is 185 Å². The van der Waals surface area contributed by atoms with Crippen molar-refractivity contribution in [1.29, 1.82) is 0 Å². The molecule has 5 heterocycles. The predicted octanol–water partition coefficient (Wildman–Crippen LogP) is 2.45. The molecule has 4 saturated heterocycles. The third-order valence-electron chi connectivity index (χ3n) is 7.60. The molecule has 1 aromatic rings. The first-order valence-corrected chi connectivity index (χ1v) is 12.3. The number of carbonyl (C=O) groups is 1. The molecule has 0 unspecified atom stereocenters. The van der Waals surface area contributed by atoms with Crippen LogP contribution in [-0.2, 0) is 25.7 Å². The molecule has 5 aliphatic rings. The quantitative estimate of drug-likeness (QED) is 0.674. The molecular formula is C21H26F3N3O4S. The molecule has 0 N–H and O–H groups in total. The first-order chi connectivity index (χ1) is 14.8. The Bertz CT molecular complexity index is 1050. The number of likely N-dealkylation sites (tertiary alicyclic amines) is 1. The number of fused-ring (bicyclic) bond motifs is 3. The summed E-state index contributed by atoms with van der Waals surface area (Å²) in [5, 5.41) is 0. The number of alkyl halides is 3. The average molecular weight is 474 g/mol. The van der Waals surface area contributed by atoms with E-state index in [1.165, 1.54) is 11.2 Å². The van der Waals surface area contributed by atoms with Gasteiger partial charge in [-0.3, -0.25) is 4.79 Å². The van der Waals surface area contributed by atoms with Gasteiger partial charge in [-0.15, -0.1) is 0 Å². The molecule has 2 bridgehead atoms. The molecule has 11 heteroatoms. The molecule has 32 heavy (non-hydrogen) atoms. The zero-order valence-corrected chi connectivity index (χ0v) is 18.8. The van der Waals surface area contributed by atoms with E-state index in [0.717, 1.165) is 25.3 Å². The van der Waals surface area contributed by atoms with E-state index in [1.807, 2.05) is 11.8 Å². The van der Waals surface area contributed by atoms with Gasteiger partial charge in [0.25, 0.3) is 0 Å². The lowest BCUT2D eigenvalue weighted by molar-refractivity contribution is -0.220. The van der Waals surface area contributed by atoms with Crippen LogP contribution in [0.2, 0.25) is 0 Å². The van der Waals surface area contributed by atoms with Crippen molar-refractivity contribution >= 4 is 15.9 Å². The van der Waals surface area contributed by atoms with Gasteiger partial charge in [0, 0.05) is 32.8 Å². The van der Waals surface area contributed by atoms with Crippen molar-refractivity contribution in [2.75, 3.05) is 32.8 Å². The van der Waals surface area contributed by atoms with Crippen LogP contribution in [0.15, 0.2) is 17.0 Å². The number of nitrogens with zero attached hydrogens (tertiary/aromatic N) is 3. The summed E-state index contributed by atoms with van der Waals surface area (Å²) in [6.45, 7) is 5.44. The maximum Gasteiger partial charge on any atom is 0.433 e. The summed E-state index contributed by atoms with van der Waals surface area (Å²) >= 11 is 0. The smallest absolute Gasteiger partial charge is 0.375 e. The van der Waals surface area contributed by atoms with E-state index in [4.69, 9.17) is 4.74 Å². The van der Waals surface area contributed by atoms with Crippen LogP contribution in [-0.4, -0.2) is 66.9 Å². The summed E-state index contributed by atoms with van der Waals surface area (Å²) in [6, 6.07) is 1.69. The van der Waals surface area contributed by atoms with Gasteiger partial charge in [-0.2, -0.15) is 17.5 Å². The van der Waals surface area contributed by atoms with Crippen molar-refractivity contribution in [2.45, 2.75) is 49.8 Å². The lowest BCUT2D eigenvalue weighted by atomic mass is 9.56. The number of carbonyl (C=O) groups excluding carboxylic acids is 1. The highest BCUT2D eigenvalue weighted by Gasteiger charge is 2.62. The highest BCUT2D eigenvalue weighted by atomic mass is 32.2. The molecule has 0 radical (unpaired) electrons. The van der Waals surface area contributed by atoms with Crippen LogP contribution < -0.4 is 0 Å². The molecule has 5 fully saturated rings. The number of hydrogen-bond donors (Lipinski definition) is 0. The van der Waals surface area contributed by atoms with Gasteiger partial charge in [0.15, 0.2) is 0 Å². The standard InChI is InChI=1S/C21H26F3N3O4S/c1-13-16(3-4-17(25-13)21(22,23)24)32(29,30)27-9-14-7-26(8-15(14)10-27)18(28)20-5-6-31-19(2,11-20)12-20/h3-4,14-15H,5-12H2,1-2H3/t14-,15-,19?,20?/m0/s1. The number of sulfonamides is 1. The van der Waals surface area contributed by atoms with Crippen molar-refractivity contribution in [3.8, 4) is 0 Å². The number of aromatic nitrogens is 1. The van der Waals surface area contributed by atoms with E-state index in [2.05, 4.69) is 4.98 Å². The molecule has 176 valence electrons. The summed E-state index contributed by atoms with van der Waals surface area (Å²) in [5.41, 5.74) is -1.80. The third kappa shape index (κ3) is 3.35. The monoisotopic (exact) mass is 473 g/mol. The highest BCUT2D eigenvalue weighted by molar-refractivity contribution is 7.89. The van der Waals surface area contributed by atoms with E-state index in [1.54, 1.807) is 0 Å². The van der Waals surface area contributed by atoms with Crippen molar-refractivity contribution < 1.29 is 31.1 Å². The number of ether oxygens (including phenoxy) is 1. The van der Waals surface area contributed by atoms with Gasteiger partial charge >= 0.3 is 6.18 Å². The van der Waals surface area contributed by atoms with Crippen LogP contribution in [0.4, 0.5) is 13.2 Å². The minimum Gasteiger partial charge on any atom is -0.375 e. The van der Waals surface area contributed by atoms with Gasteiger partial charge in [0.1, 0.15) is 10.6 Å². The molecule has 1 saturated carbocycles. The molecule has 7 nitrogen and oxygen atoms in total. The minimum absolute atomic E-state index is 0.0270. The SMILES string of the molecule is Cc1nc(C(F)(F)F)ccc1S(=O)(=O)N1C[C@@H]2CN(C(=O)C34CCOC(C)(C3)C4)C[C@H]2C1. The van der Waals surface area contributed by atoms with Crippen LogP contribution in [0, 0.1) is 24.2 Å². The molecule has 0 spiro atoms. The minimum atomic E-state index is -4.63. The first-order valence-electron chi connectivity index (χ1n) is 10.8. The zero-order chi connectivity index (χ0) is 23.1. The topological polar surface area (TPSA) is 79.8 Å². The number of halogens is 3. The van der Waals surface area contributed by atoms with Gasteiger partial charge in [-0.1, -0.05) is 0 Å². The van der Waals surface area contributed by atoms with Gasteiger partial charge in [-0.25, -0.2) is 13.4 Å². The first kappa shape index (κ1) is 22.1. The van der Waals surface area contributed by atoms with Crippen molar-refractivity contribution in [3.63, 3.8) is 0 Å². The van der Waals surface area contributed by atoms with E-state index in [-0.39, 0.29) is 52.4 Å². The molecule has 1 aromatic heterocycles. The van der Waals surface area contributed by atoms with Crippen molar-refractivity contribution in [1.82, 2.24) is 14.2 Å². The fourth-order valence-electron chi connectivity index (χ4n) is 6.18. The molecular weight excluding hydrogens is 447 g/mol.